The van der Waals surface area contributed by atoms with Crippen LogP contribution in [0.1, 0.15) is 10.5 Å². The molecule has 0 atom stereocenters. The molecule has 6 nitrogen and oxygen atoms in total. The van der Waals surface area contributed by atoms with Crippen molar-refractivity contribution >= 4 is 23.0 Å². The van der Waals surface area contributed by atoms with Crippen LogP contribution in [-0.2, 0) is 6.54 Å². The van der Waals surface area contributed by atoms with Gasteiger partial charge in [-0.2, -0.15) is 5.10 Å². The largest absolute Gasteiger partial charge is 0.329 e. The zero-order valence-corrected chi connectivity index (χ0v) is 7.60. The van der Waals surface area contributed by atoms with E-state index < -0.39 is 0 Å². The van der Waals surface area contributed by atoms with Gasteiger partial charge in [0.05, 0.1) is 23.6 Å². The Hall–Kier alpha value is -2.24. The highest BCUT2D eigenvalue weighted by atomic mass is 16.1. The van der Waals surface area contributed by atoms with Gasteiger partial charge in [-0.25, -0.2) is 10.1 Å². The molecule has 0 unspecified atom stereocenters. The third-order valence-electron chi connectivity index (χ3n) is 2.43. The van der Waals surface area contributed by atoms with E-state index in [2.05, 4.69) is 15.2 Å². The van der Waals surface area contributed by atoms with Crippen LogP contribution in [0.5, 0.6) is 0 Å². The molecule has 6 heteroatoms. The Morgan fingerprint density at radius 1 is 1.40 bits per heavy atom. The van der Waals surface area contributed by atoms with Gasteiger partial charge in [-0.1, -0.05) is 0 Å². The van der Waals surface area contributed by atoms with Crippen molar-refractivity contribution in [2.75, 3.05) is 0 Å². The number of nitrogens with zero attached hydrogens (tertiary/aromatic N) is 3. The monoisotopic (exact) mass is 202 g/mol. The van der Waals surface area contributed by atoms with Crippen LogP contribution in [-0.4, -0.2) is 26.9 Å². The highest BCUT2D eigenvalue weighted by molar-refractivity contribution is 6.03. The molecular formula is C9H6N4O2. The molecule has 0 spiro atoms. The number of aliphatic imine (C=N–C) groups is 1. The maximum absolute atomic E-state index is 11.4. The standard InChI is InChI=1S/C9H6N4O2/c14-8-5-3-6-9(15)10-1-2-13(6)7(5)4-11-12-8/h1,3-4H,2H2,(H,12,14). The molecular weight excluding hydrogens is 196 g/mol. The Morgan fingerprint density at radius 3 is 3.13 bits per heavy atom. The van der Waals surface area contributed by atoms with E-state index in [-0.39, 0.29) is 11.5 Å². The van der Waals surface area contributed by atoms with E-state index in [1.807, 2.05) is 0 Å². The van der Waals surface area contributed by atoms with Crippen LogP contribution in [0.15, 0.2) is 22.1 Å². The predicted molar refractivity (Wildman–Crippen MR) is 53.2 cm³/mol. The van der Waals surface area contributed by atoms with E-state index in [0.29, 0.717) is 23.1 Å². The third kappa shape index (κ3) is 0.983. The number of fused-ring (bicyclic) bond motifs is 3. The fraction of sp³-hybridized carbons (Fsp3) is 0.111. The molecule has 0 aromatic carbocycles. The zero-order chi connectivity index (χ0) is 10.4. The molecule has 15 heavy (non-hydrogen) atoms. The molecule has 3 heterocycles. The highest BCUT2D eigenvalue weighted by Crippen LogP contribution is 2.17. The molecule has 0 bridgehead atoms. The second kappa shape index (κ2) is 2.63. The zero-order valence-electron chi connectivity index (χ0n) is 7.60. The molecule has 3 rings (SSSR count). The number of aromatic nitrogens is 3. The van der Waals surface area contributed by atoms with Gasteiger partial charge in [0.2, 0.25) is 0 Å². The van der Waals surface area contributed by atoms with E-state index in [1.54, 1.807) is 10.6 Å². The first-order valence-corrected chi connectivity index (χ1v) is 4.41. The van der Waals surface area contributed by atoms with Gasteiger partial charge < -0.3 is 4.57 Å². The number of carbonyl (C=O) groups excluding carboxylic acids is 1. The van der Waals surface area contributed by atoms with E-state index in [1.165, 1.54) is 12.4 Å². The summed E-state index contributed by atoms with van der Waals surface area (Å²) in [6.07, 6.45) is 3.06. The van der Waals surface area contributed by atoms with Crippen LogP contribution in [0.2, 0.25) is 0 Å². The van der Waals surface area contributed by atoms with E-state index >= 15 is 0 Å². The molecule has 0 saturated carbocycles. The lowest BCUT2D eigenvalue weighted by molar-refractivity contribution is 0.0992. The Morgan fingerprint density at radius 2 is 2.27 bits per heavy atom. The second-order valence-electron chi connectivity index (χ2n) is 3.26. The minimum absolute atomic E-state index is 0.290. The fourth-order valence-electron chi connectivity index (χ4n) is 1.74. The molecule has 1 N–H and O–H groups in total. The molecule has 0 radical (unpaired) electrons. The van der Waals surface area contributed by atoms with Crippen molar-refractivity contribution < 1.29 is 4.79 Å². The van der Waals surface area contributed by atoms with Gasteiger partial charge in [-0.15, -0.1) is 0 Å². The van der Waals surface area contributed by atoms with Gasteiger partial charge in [0.15, 0.2) is 0 Å². The first-order chi connectivity index (χ1) is 7.27. The summed E-state index contributed by atoms with van der Waals surface area (Å²) in [6.45, 7) is 0.496. The number of hydrogen-bond donors (Lipinski definition) is 1. The smallest absolute Gasteiger partial charge is 0.293 e. The van der Waals surface area contributed by atoms with Crippen LogP contribution in [0.25, 0.3) is 10.9 Å². The average Bonchev–Trinajstić information content (AvgIpc) is 2.60. The van der Waals surface area contributed by atoms with Crippen molar-refractivity contribution in [1.29, 1.82) is 0 Å². The maximum atomic E-state index is 11.4. The highest BCUT2D eigenvalue weighted by Gasteiger charge is 2.18. The van der Waals surface area contributed by atoms with Crippen molar-refractivity contribution in [1.82, 2.24) is 14.8 Å². The Kier molecular flexibility index (Phi) is 1.42. The van der Waals surface area contributed by atoms with Crippen molar-refractivity contribution in [2.45, 2.75) is 6.54 Å². The number of hydrogen-bond acceptors (Lipinski definition) is 3. The summed E-state index contributed by atoms with van der Waals surface area (Å²) in [5.41, 5.74) is 0.807. The molecule has 0 fully saturated rings. The molecule has 2 aromatic heterocycles. The molecule has 2 aromatic rings. The number of rotatable bonds is 0. The van der Waals surface area contributed by atoms with Crippen molar-refractivity contribution in [3.63, 3.8) is 0 Å². The number of nitrogens with one attached hydrogen (secondary N) is 1. The first kappa shape index (κ1) is 8.10. The molecule has 1 aliphatic rings. The summed E-state index contributed by atoms with van der Waals surface area (Å²) in [5.74, 6) is -0.322. The number of carbonyl (C=O) groups is 1. The summed E-state index contributed by atoms with van der Waals surface area (Å²) in [5, 5.41) is 6.50. The number of aromatic amines is 1. The third-order valence-corrected chi connectivity index (χ3v) is 2.43. The summed E-state index contributed by atoms with van der Waals surface area (Å²) in [4.78, 5) is 26.5. The minimum atomic E-state index is -0.322. The van der Waals surface area contributed by atoms with Crippen LogP contribution in [0.4, 0.5) is 0 Å². The van der Waals surface area contributed by atoms with Crippen LogP contribution in [0, 0.1) is 0 Å². The topological polar surface area (TPSA) is 80.1 Å². The van der Waals surface area contributed by atoms with E-state index in [4.69, 9.17) is 0 Å². The van der Waals surface area contributed by atoms with Crippen LogP contribution in [0.3, 0.4) is 0 Å². The fourth-order valence-corrected chi connectivity index (χ4v) is 1.74. The van der Waals surface area contributed by atoms with Crippen molar-refractivity contribution in [3.8, 4) is 0 Å². The van der Waals surface area contributed by atoms with Crippen LogP contribution >= 0.6 is 0 Å². The van der Waals surface area contributed by atoms with Crippen molar-refractivity contribution in [3.05, 3.63) is 28.3 Å². The lowest BCUT2D eigenvalue weighted by Crippen LogP contribution is -2.14. The molecule has 1 amide bonds. The summed E-state index contributed by atoms with van der Waals surface area (Å²) in [7, 11) is 0. The number of H-pyrrole nitrogens is 1. The SMILES string of the molecule is O=C1N=CCn2c1cc1c(=O)[nH]ncc12. The summed E-state index contributed by atoms with van der Waals surface area (Å²) in [6, 6.07) is 1.55. The second-order valence-corrected chi connectivity index (χ2v) is 3.26. The molecule has 74 valence electrons. The van der Waals surface area contributed by atoms with Gasteiger partial charge in [0.25, 0.3) is 11.5 Å². The lowest BCUT2D eigenvalue weighted by atomic mass is 10.3. The Bertz CT molecular complexity index is 650. The van der Waals surface area contributed by atoms with Gasteiger partial charge >= 0.3 is 0 Å². The van der Waals surface area contributed by atoms with E-state index in [9.17, 15) is 9.59 Å². The average molecular weight is 202 g/mol. The minimum Gasteiger partial charge on any atom is -0.329 e. The lowest BCUT2D eigenvalue weighted by Gasteiger charge is -2.07. The predicted octanol–water partition coefficient (Wildman–Crippen LogP) is -0.0508. The maximum Gasteiger partial charge on any atom is 0.293 e. The normalized spacial score (nSPS) is 14.5. The quantitative estimate of drug-likeness (QED) is 0.650. The van der Waals surface area contributed by atoms with Crippen LogP contribution < -0.4 is 5.56 Å². The van der Waals surface area contributed by atoms with Gasteiger partial charge in [0, 0.05) is 6.21 Å². The van der Waals surface area contributed by atoms with Gasteiger partial charge in [-0.3, -0.25) is 9.59 Å². The van der Waals surface area contributed by atoms with E-state index in [0.717, 1.165) is 0 Å². The van der Waals surface area contributed by atoms with Gasteiger partial charge in [0.1, 0.15) is 5.69 Å². The summed E-state index contributed by atoms with van der Waals surface area (Å²) < 4.78 is 1.73. The molecule has 0 aliphatic carbocycles. The Labute approximate surface area is 83.2 Å². The molecule has 0 saturated heterocycles. The first-order valence-electron chi connectivity index (χ1n) is 4.41. The van der Waals surface area contributed by atoms with Crippen molar-refractivity contribution in [2.24, 2.45) is 4.99 Å². The summed E-state index contributed by atoms with van der Waals surface area (Å²) >= 11 is 0. The number of amides is 1. The Balaban J connectivity index is 2.48. The molecule has 1 aliphatic heterocycles. The van der Waals surface area contributed by atoms with Gasteiger partial charge in [-0.05, 0) is 6.07 Å².